The number of carbonyl (C=O) groups excluding carboxylic acids is 1. The van der Waals surface area contributed by atoms with Crippen LogP contribution in [0.1, 0.15) is 37.8 Å². The third kappa shape index (κ3) is 2.14. The Morgan fingerprint density at radius 3 is 2.95 bits per heavy atom. The fraction of sp³-hybridized carbons (Fsp3) is 0.625. The Kier molecular flexibility index (Phi) is 3.76. The van der Waals surface area contributed by atoms with Crippen LogP contribution in [0.3, 0.4) is 0 Å². The maximum Gasteiger partial charge on any atom is 0.226 e. The van der Waals surface area contributed by atoms with E-state index in [2.05, 4.69) is 22.2 Å². The van der Waals surface area contributed by atoms with E-state index in [-0.39, 0.29) is 12.0 Å². The van der Waals surface area contributed by atoms with Gasteiger partial charge in [-0.25, -0.2) is 0 Å². The smallest absolute Gasteiger partial charge is 0.226 e. The van der Waals surface area contributed by atoms with Gasteiger partial charge < -0.3 is 4.90 Å². The molecule has 108 valence electrons. The number of aromatic nitrogens is 1. The van der Waals surface area contributed by atoms with Crippen molar-refractivity contribution >= 4 is 17.7 Å². The van der Waals surface area contributed by atoms with Crippen molar-refractivity contribution in [3.8, 4) is 0 Å². The number of thioether (sulfide) groups is 1. The minimum Gasteiger partial charge on any atom is -0.334 e. The first kappa shape index (κ1) is 13.9. The van der Waals surface area contributed by atoms with Crippen molar-refractivity contribution in [2.75, 3.05) is 18.6 Å². The molecule has 0 radical (unpaired) electrons. The topological polar surface area (TPSA) is 33.2 Å². The second-order valence-corrected chi connectivity index (χ2v) is 7.14. The lowest BCUT2D eigenvalue weighted by atomic mass is 9.56. The highest BCUT2D eigenvalue weighted by molar-refractivity contribution is 7.98. The number of likely N-dealkylation sites (tertiary alicyclic amines) is 1. The van der Waals surface area contributed by atoms with Gasteiger partial charge in [0, 0.05) is 36.0 Å². The molecule has 1 aliphatic heterocycles. The van der Waals surface area contributed by atoms with E-state index in [1.807, 2.05) is 19.2 Å². The molecule has 2 atom stereocenters. The van der Waals surface area contributed by atoms with Crippen LogP contribution in [0.15, 0.2) is 24.5 Å². The fourth-order valence-electron chi connectivity index (χ4n) is 3.68. The third-order valence-corrected chi connectivity index (χ3v) is 5.68. The Hall–Kier alpha value is -1.03. The molecular formula is C16H22N2OS. The molecule has 1 aliphatic carbocycles. The van der Waals surface area contributed by atoms with E-state index >= 15 is 0 Å². The Morgan fingerprint density at radius 1 is 1.60 bits per heavy atom. The molecule has 1 saturated heterocycles. The monoisotopic (exact) mass is 290 g/mol. The average Bonchev–Trinajstić information content (AvgIpc) is 2.37. The molecule has 2 aliphatic rings. The summed E-state index contributed by atoms with van der Waals surface area (Å²) >= 11 is 1.75. The van der Waals surface area contributed by atoms with Crippen molar-refractivity contribution in [1.82, 2.24) is 9.88 Å². The van der Waals surface area contributed by atoms with Crippen molar-refractivity contribution < 1.29 is 4.79 Å². The predicted octanol–water partition coefficient (Wildman–Crippen LogP) is 3.13. The maximum absolute atomic E-state index is 12.6. The number of pyridine rings is 1. The highest BCUT2D eigenvalue weighted by Gasteiger charge is 2.58. The van der Waals surface area contributed by atoms with Crippen LogP contribution in [-0.4, -0.2) is 34.3 Å². The summed E-state index contributed by atoms with van der Waals surface area (Å²) in [6, 6.07) is 4.37. The number of hydrogen-bond donors (Lipinski definition) is 0. The molecule has 2 fully saturated rings. The van der Waals surface area contributed by atoms with Gasteiger partial charge in [-0.3, -0.25) is 9.78 Å². The predicted molar refractivity (Wildman–Crippen MR) is 82.5 cm³/mol. The van der Waals surface area contributed by atoms with E-state index in [1.54, 1.807) is 18.0 Å². The molecule has 0 bridgehead atoms. The summed E-state index contributed by atoms with van der Waals surface area (Å²) in [7, 11) is 0. The van der Waals surface area contributed by atoms with Gasteiger partial charge in [0.05, 0.1) is 6.04 Å². The number of rotatable bonds is 4. The van der Waals surface area contributed by atoms with Crippen molar-refractivity contribution in [3.05, 3.63) is 30.1 Å². The molecule has 1 amide bonds. The minimum absolute atomic E-state index is 0.113. The SMILES string of the molecule is CSCC(C)C(=O)N1CC2(CCC2)C1c1cccnc1. The zero-order valence-corrected chi connectivity index (χ0v) is 13.0. The van der Waals surface area contributed by atoms with Crippen LogP contribution in [0.5, 0.6) is 0 Å². The van der Waals surface area contributed by atoms with Crippen molar-refractivity contribution in [2.45, 2.75) is 32.2 Å². The van der Waals surface area contributed by atoms with Gasteiger partial charge in [0.2, 0.25) is 5.91 Å². The summed E-state index contributed by atoms with van der Waals surface area (Å²) in [5.74, 6) is 1.33. The molecule has 4 heteroatoms. The molecule has 3 nitrogen and oxygen atoms in total. The van der Waals surface area contributed by atoms with Crippen molar-refractivity contribution in [2.24, 2.45) is 11.3 Å². The van der Waals surface area contributed by atoms with E-state index in [4.69, 9.17) is 0 Å². The zero-order chi connectivity index (χ0) is 14.2. The Labute approximate surface area is 125 Å². The van der Waals surface area contributed by atoms with Crippen LogP contribution < -0.4 is 0 Å². The van der Waals surface area contributed by atoms with Gasteiger partial charge in [0.25, 0.3) is 0 Å². The second-order valence-electron chi connectivity index (χ2n) is 6.23. The zero-order valence-electron chi connectivity index (χ0n) is 12.2. The first-order chi connectivity index (χ1) is 9.68. The van der Waals surface area contributed by atoms with Gasteiger partial charge in [-0.2, -0.15) is 11.8 Å². The van der Waals surface area contributed by atoms with Crippen LogP contribution in [-0.2, 0) is 4.79 Å². The Morgan fingerprint density at radius 2 is 2.40 bits per heavy atom. The molecule has 0 N–H and O–H groups in total. The molecule has 3 rings (SSSR count). The van der Waals surface area contributed by atoms with Crippen molar-refractivity contribution in [3.63, 3.8) is 0 Å². The molecule has 1 saturated carbocycles. The Balaban J connectivity index is 1.80. The standard InChI is InChI=1S/C16H22N2OS/c1-12(10-20-2)15(19)18-11-16(6-4-7-16)14(18)13-5-3-8-17-9-13/h3,5,8-9,12,14H,4,6-7,10-11H2,1-2H3. The molecule has 20 heavy (non-hydrogen) atoms. The van der Waals surface area contributed by atoms with Gasteiger partial charge in [0.1, 0.15) is 0 Å². The molecule has 1 aromatic heterocycles. The van der Waals surface area contributed by atoms with Crippen LogP contribution in [0.4, 0.5) is 0 Å². The fourth-order valence-corrected chi connectivity index (χ4v) is 4.32. The lowest BCUT2D eigenvalue weighted by Crippen LogP contribution is -2.64. The van der Waals surface area contributed by atoms with Crippen LogP contribution in [0.25, 0.3) is 0 Å². The highest BCUT2D eigenvalue weighted by Crippen LogP contribution is 2.60. The molecule has 0 aromatic carbocycles. The molecule has 2 heterocycles. The average molecular weight is 290 g/mol. The van der Waals surface area contributed by atoms with Gasteiger partial charge in [-0.15, -0.1) is 0 Å². The van der Waals surface area contributed by atoms with Gasteiger partial charge in [-0.1, -0.05) is 19.4 Å². The lowest BCUT2D eigenvalue weighted by molar-refractivity contribution is -0.172. The van der Waals surface area contributed by atoms with Gasteiger partial charge in [-0.05, 0) is 30.7 Å². The number of carbonyl (C=O) groups is 1. The summed E-state index contributed by atoms with van der Waals surface area (Å²) in [5, 5.41) is 0. The summed E-state index contributed by atoms with van der Waals surface area (Å²) in [5.41, 5.74) is 1.57. The summed E-state index contributed by atoms with van der Waals surface area (Å²) in [6.07, 6.45) is 9.62. The molecular weight excluding hydrogens is 268 g/mol. The third-order valence-electron chi connectivity index (χ3n) is 4.85. The Bertz CT molecular complexity index is 487. The van der Waals surface area contributed by atoms with E-state index in [0.29, 0.717) is 11.3 Å². The normalized spacial score (nSPS) is 24.9. The van der Waals surface area contributed by atoms with Gasteiger partial charge in [0.15, 0.2) is 0 Å². The summed E-state index contributed by atoms with van der Waals surface area (Å²) < 4.78 is 0. The maximum atomic E-state index is 12.6. The first-order valence-electron chi connectivity index (χ1n) is 7.37. The largest absolute Gasteiger partial charge is 0.334 e. The van der Waals surface area contributed by atoms with Gasteiger partial charge >= 0.3 is 0 Å². The number of amides is 1. The van der Waals surface area contributed by atoms with Crippen LogP contribution in [0, 0.1) is 11.3 Å². The van der Waals surface area contributed by atoms with E-state index in [0.717, 1.165) is 12.3 Å². The van der Waals surface area contributed by atoms with Crippen LogP contribution in [0.2, 0.25) is 0 Å². The number of hydrogen-bond acceptors (Lipinski definition) is 3. The molecule has 2 unspecified atom stereocenters. The molecule has 1 spiro atoms. The van der Waals surface area contributed by atoms with Crippen LogP contribution >= 0.6 is 11.8 Å². The highest BCUT2D eigenvalue weighted by atomic mass is 32.2. The van der Waals surface area contributed by atoms with Crippen molar-refractivity contribution in [1.29, 1.82) is 0 Å². The van der Waals surface area contributed by atoms with E-state index < -0.39 is 0 Å². The second kappa shape index (κ2) is 5.40. The summed E-state index contributed by atoms with van der Waals surface area (Å²) in [6.45, 7) is 3.00. The van der Waals surface area contributed by atoms with E-state index in [1.165, 1.54) is 24.8 Å². The summed E-state index contributed by atoms with van der Waals surface area (Å²) in [4.78, 5) is 19.0. The molecule has 1 aromatic rings. The van der Waals surface area contributed by atoms with E-state index in [9.17, 15) is 4.79 Å². The first-order valence-corrected chi connectivity index (χ1v) is 8.77. The number of nitrogens with zero attached hydrogens (tertiary/aromatic N) is 2. The quantitative estimate of drug-likeness (QED) is 0.854. The lowest BCUT2D eigenvalue weighted by Gasteiger charge is -2.63. The minimum atomic E-state index is 0.113.